The molecule has 2 N–H and O–H groups in total. The number of rotatable bonds is 1. The van der Waals surface area contributed by atoms with Crippen molar-refractivity contribution in [3.63, 3.8) is 0 Å². The molecular weight excluding hydrogens is 190 g/mol. The molecule has 0 aliphatic carbocycles. The van der Waals surface area contributed by atoms with Crippen LogP contribution in [0.4, 0.5) is 0 Å². The van der Waals surface area contributed by atoms with Crippen LogP contribution >= 0.6 is 11.6 Å². The summed E-state index contributed by atoms with van der Waals surface area (Å²) in [5.41, 5.74) is 0. The van der Waals surface area contributed by atoms with Gasteiger partial charge >= 0.3 is 0 Å². The first-order valence-electron chi connectivity index (χ1n) is 2.63. The fraction of sp³-hybridized carbons (Fsp3) is 0.250. The summed E-state index contributed by atoms with van der Waals surface area (Å²) in [6, 6.07) is 0. The molecule has 0 amide bonds. The van der Waals surface area contributed by atoms with Gasteiger partial charge in [-0.05, 0) is 0 Å². The molecule has 0 aliphatic heterocycles. The lowest BCUT2D eigenvalue weighted by atomic mass is 10.7. The summed E-state index contributed by atoms with van der Waals surface area (Å²) in [7, 11) is -2.22. The number of hydrogen-bond donors (Lipinski definition) is 1. The molecule has 0 saturated carbocycles. The zero-order chi connectivity index (χ0) is 8.65. The van der Waals surface area contributed by atoms with Crippen LogP contribution in [-0.2, 0) is 17.1 Å². The maximum absolute atomic E-state index is 10.7. The highest BCUT2D eigenvalue weighted by Crippen LogP contribution is 2.16. The van der Waals surface area contributed by atoms with E-state index in [4.69, 9.17) is 16.7 Å². The Kier molecular flexibility index (Phi) is 1.91. The van der Waals surface area contributed by atoms with Crippen LogP contribution in [0.5, 0.6) is 0 Å². The Bertz CT molecular complexity index is 369. The number of aryl methyl sites for hydroxylation is 1. The molecule has 1 aromatic heterocycles. The van der Waals surface area contributed by atoms with Crippen molar-refractivity contribution in [2.45, 2.75) is 5.03 Å². The van der Waals surface area contributed by atoms with E-state index >= 15 is 0 Å². The van der Waals surface area contributed by atoms with Crippen molar-refractivity contribution in [2.24, 2.45) is 12.2 Å². The molecule has 0 fully saturated rings. The molecule has 0 saturated heterocycles. The smallest absolute Gasteiger partial charge is 0.258 e. The van der Waals surface area contributed by atoms with Crippen LogP contribution in [0.25, 0.3) is 0 Å². The highest BCUT2D eigenvalue weighted by molar-refractivity contribution is 7.89. The van der Waals surface area contributed by atoms with Crippen molar-refractivity contribution in [1.29, 1.82) is 0 Å². The minimum absolute atomic E-state index is 0.0370. The molecule has 5 nitrogen and oxygen atoms in total. The second-order valence-corrected chi connectivity index (χ2v) is 3.88. The summed E-state index contributed by atoms with van der Waals surface area (Å²) < 4.78 is 22.6. The van der Waals surface area contributed by atoms with Gasteiger partial charge in [0.2, 0.25) is 5.03 Å². The Hall–Kier alpha value is -0.590. The molecule has 62 valence electrons. The molecule has 0 radical (unpaired) electrons. The maximum Gasteiger partial charge on any atom is 0.258 e. The standard InChI is InChI=1S/C4H6ClN3O2S/c1-8-2-3(5)4(7-8)11(6,9)10/h2H,1H3,(H2,6,9,10). The van der Waals surface area contributed by atoms with Crippen LogP contribution in [0.3, 0.4) is 0 Å². The van der Waals surface area contributed by atoms with Crippen molar-refractivity contribution >= 4 is 21.6 Å². The average molecular weight is 196 g/mol. The summed E-state index contributed by atoms with van der Waals surface area (Å²) in [6.45, 7) is 0. The third-order valence-corrected chi connectivity index (χ3v) is 2.25. The summed E-state index contributed by atoms with van der Waals surface area (Å²) in [5.74, 6) is 0. The van der Waals surface area contributed by atoms with Gasteiger partial charge in [-0.15, -0.1) is 0 Å². The SMILES string of the molecule is Cn1cc(Cl)c(S(N)(=O)=O)n1. The molecule has 1 aromatic rings. The number of hydrogen-bond acceptors (Lipinski definition) is 3. The minimum atomic E-state index is -3.78. The highest BCUT2D eigenvalue weighted by Gasteiger charge is 2.16. The van der Waals surface area contributed by atoms with E-state index < -0.39 is 10.0 Å². The Morgan fingerprint density at radius 3 is 2.45 bits per heavy atom. The Balaban J connectivity index is 3.36. The third kappa shape index (κ3) is 1.70. The molecule has 1 heterocycles. The van der Waals surface area contributed by atoms with Gasteiger partial charge in [0, 0.05) is 13.2 Å². The second kappa shape index (κ2) is 2.47. The summed E-state index contributed by atoms with van der Waals surface area (Å²) >= 11 is 5.49. The zero-order valence-electron chi connectivity index (χ0n) is 5.65. The van der Waals surface area contributed by atoms with Gasteiger partial charge in [0.25, 0.3) is 10.0 Å². The lowest BCUT2D eigenvalue weighted by molar-refractivity contribution is 0.590. The van der Waals surface area contributed by atoms with E-state index in [0.29, 0.717) is 0 Å². The predicted octanol–water partition coefficient (Wildman–Crippen LogP) is -0.279. The van der Waals surface area contributed by atoms with E-state index in [-0.39, 0.29) is 10.0 Å². The fourth-order valence-corrected chi connectivity index (χ4v) is 1.70. The Morgan fingerprint density at radius 2 is 2.27 bits per heavy atom. The molecule has 0 bridgehead atoms. The largest absolute Gasteiger partial charge is 0.273 e. The zero-order valence-corrected chi connectivity index (χ0v) is 7.22. The predicted molar refractivity (Wildman–Crippen MR) is 39.6 cm³/mol. The molecule has 11 heavy (non-hydrogen) atoms. The van der Waals surface area contributed by atoms with Crippen molar-refractivity contribution in [3.05, 3.63) is 11.2 Å². The summed E-state index contributed by atoms with van der Waals surface area (Å²) in [4.78, 5) is 0. The van der Waals surface area contributed by atoms with E-state index in [2.05, 4.69) is 5.10 Å². The number of primary sulfonamides is 1. The molecule has 0 unspecified atom stereocenters. The van der Waals surface area contributed by atoms with Crippen LogP contribution in [0.2, 0.25) is 5.02 Å². The quantitative estimate of drug-likeness (QED) is 0.670. The van der Waals surface area contributed by atoms with E-state index in [1.54, 1.807) is 7.05 Å². The summed E-state index contributed by atoms with van der Waals surface area (Å²) in [5, 5.41) is 8.08. The first kappa shape index (κ1) is 8.51. The normalized spacial score (nSPS) is 11.9. The van der Waals surface area contributed by atoms with Crippen LogP contribution in [0, 0.1) is 0 Å². The maximum atomic E-state index is 10.7. The first-order chi connectivity index (χ1) is 4.91. The highest BCUT2D eigenvalue weighted by atomic mass is 35.5. The van der Waals surface area contributed by atoms with Gasteiger partial charge in [-0.2, -0.15) is 5.10 Å². The molecule has 7 heteroatoms. The molecule has 0 spiro atoms. The van der Waals surface area contributed by atoms with Crippen molar-refractivity contribution in [3.8, 4) is 0 Å². The van der Waals surface area contributed by atoms with Crippen LogP contribution in [0.1, 0.15) is 0 Å². The minimum Gasteiger partial charge on any atom is -0.273 e. The van der Waals surface area contributed by atoms with E-state index in [1.807, 2.05) is 0 Å². The lowest BCUT2D eigenvalue weighted by Gasteiger charge is -1.89. The van der Waals surface area contributed by atoms with Gasteiger partial charge in [0.05, 0.1) is 5.02 Å². The number of sulfonamides is 1. The van der Waals surface area contributed by atoms with Crippen LogP contribution < -0.4 is 5.14 Å². The fourth-order valence-electron chi connectivity index (χ4n) is 0.632. The summed E-state index contributed by atoms with van der Waals surface area (Å²) in [6.07, 6.45) is 1.36. The third-order valence-electron chi connectivity index (χ3n) is 1.02. The number of nitrogens with two attached hydrogens (primary N) is 1. The number of halogens is 1. The van der Waals surface area contributed by atoms with Crippen LogP contribution in [-0.4, -0.2) is 18.2 Å². The molecule has 0 aliphatic rings. The monoisotopic (exact) mass is 195 g/mol. The van der Waals surface area contributed by atoms with Gasteiger partial charge in [-0.25, -0.2) is 13.6 Å². The number of nitrogens with zero attached hydrogens (tertiary/aromatic N) is 2. The van der Waals surface area contributed by atoms with E-state index in [9.17, 15) is 8.42 Å². The Morgan fingerprint density at radius 1 is 1.73 bits per heavy atom. The molecule has 0 atom stereocenters. The van der Waals surface area contributed by atoms with Gasteiger partial charge in [-0.3, -0.25) is 4.68 Å². The van der Waals surface area contributed by atoms with Gasteiger partial charge in [0.1, 0.15) is 0 Å². The topological polar surface area (TPSA) is 78.0 Å². The van der Waals surface area contributed by atoms with Gasteiger partial charge in [-0.1, -0.05) is 11.6 Å². The second-order valence-electron chi connectivity index (χ2n) is 2.00. The number of aromatic nitrogens is 2. The van der Waals surface area contributed by atoms with Crippen molar-refractivity contribution in [2.75, 3.05) is 0 Å². The molecular formula is C4H6ClN3O2S. The van der Waals surface area contributed by atoms with Gasteiger partial charge < -0.3 is 0 Å². The Labute approximate surface area is 68.8 Å². The molecule has 1 rings (SSSR count). The first-order valence-corrected chi connectivity index (χ1v) is 4.55. The van der Waals surface area contributed by atoms with Crippen LogP contribution in [0.15, 0.2) is 11.2 Å². The van der Waals surface area contributed by atoms with E-state index in [0.717, 1.165) is 0 Å². The van der Waals surface area contributed by atoms with Gasteiger partial charge in [0.15, 0.2) is 0 Å². The lowest BCUT2D eigenvalue weighted by Crippen LogP contribution is -2.13. The molecule has 0 aromatic carbocycles. The average Bonchev–Trinajstić information content (AvgIpc) is 2.08. The van der Waals surface area contributed by atoms with Crippen molar-refractivity contribution in [1.82, 2.24) is 9.78 Å². The van der Waals surface area contributed by atoms with E-state index in [1.165, 1.54) is 10.9 Å². The van der Waals surface area contributed by atoms with Crippen molar-refractivity contribution < 1.29 is 8.42 Å².